The highest BCUT2D eigenvalue weighted by atomic mass is 35.5. The molecule has 1 N–H and O–H groups in total. The van der Waals surface area contributed by atoms with Gasteiger partial charge in [-0.3, -0.25) is 4.72 Å². The maximum absolute atomic E-state index is 14.4. The zero-order valence-electron chi connectivity index (χ0n) is 14.0. The summed E-state index contributed by atoms with van der Waals surface area (Å²) in [5.41, 5.74) is -0.104. The predicted octanol–water partition coefficient (Wildman–Crippen LogP) is 5.47. The first-order valence-electron chi connectivity index (χ1n) is 7.80. The first-order chi connectivity index (χ1) is 13.3. The Balaban J connectivity index is 1.94. The van der Waals surface area contributed by atoms with Gasteiger partial charge < -0.3 is 0 Å². The van der Waals surface area contributed by atoms with Crippen molar-refractivity contribution in [2.75, 3.05) is 4.72 Å². The van der Waals surface area contributed by atoms with Crippen LogP contribution in [0.1, 0.15) is 11.1 Å². The highest BCUT2D eigenvalue weighted by Crippen LogP contribution is 2.29. The molecule has 8 heteroatoms. The van der Waals surface area contributed by atoms with Gasteiger partial charge in [0.2, 0.25) is 0 Å². The minimum absolute atomic E-state index is 0.0580. The molecule has 0 unspecified atom stereocenters. The Morgan fingerprint density at radius 3 is 2.07 bits per heavy atom. The smallest absolute Gasteiger partial charge is 0.263 e. The molecule has 3 aromatic rings. The fourth-order valence-corrected chi connectivity index (χ4v) is 4.12. The third-order valence-electron chi connectivity index (χ3n) is 3.59. The lowest BCUT2D eigenvalue weighted by atomic mass is 10.1. The summed E-state index contributed by atoms with van der Waals surface area (Å²) in [5, 5.41) is -0.0275. The van der Waals surface area contributed by atoms with Crippen LogP contribution >= 0.6 is 23.2 Å². The zero-order chi connectivity index (χ0) is 20.3. The van der Waals surface area contributed by atoms with Gasteiger partial charge in [0.15, 0.2) is 11.6 Å². The van der Waals surface area contributed by atoms with Gasteiger partial charge in [-0.1, -0.05) is 53.2 Å². The molecule has 142 valence electrons. The summed E-state index contributed by atoms with van der Waals surface area (Å²) in [6.45, 7) is 0. The average Bonchev–Trinajstić information content (AvgIpc) is 2.66. The SMILES string of the molecule is O=S(=O)(Nc1c(F)cc(C#Cc2ccccc2)cc1F)c1cc(Cl)ccc1Cl. The van der Waals surface area contributed by atoms with E-state index in [1.165, 1.54) is 12.1 Å². The lowest BCUT2D eigenvalue weighted by molar-refractivity contribution is 0.582. The Labute approximate surface area is 171 Å². The van der Waals surface area contributed by atoms with E-state index in [0.29, 0.717) is 5.56 Å². The first kappa shape index (κ1) is 20.2. The largest absolute Gasteiger partial charge is 0.274 e. The lowest BCUT2D eigenvalue weighted by Gasteiger charge is -2.11. The molecule has 0 fully saturated rings. The van der Waals surface area contributed by atoms with Gasteiger partial charge in [0.25, 0.3) is 10.0 Å². The number of hydrogen-bond acceptors (Lipinski definition) is 2. The fraction of sp³-hybridized carbons (Fsp3) is 0. The first-order valence-corrected chi connectivity index (χ1v) is 10.0. The molecule has 0 heterocycles. The molecule has 0 spiro atoms. The topological polar surface area (TPSA) is 46.2 Å². The van der Waals surface area contributed by atoms with E-state index >= 15 is 0 Å². The van der Waals surface area contributed by atoms with Crippen LogP contribution in [0.2, 0.25) is 10.0 Å². The maximum Gasteiger partial charge on any atom is 0.263 e. The van der Waals surface area contributed by atoms with E-state index in [-0.39, 0.29) is 15.6 Å². The monoisotopic (exact) mass is 437 g/mol. The summed E-state index contributed by atoms with van der Waals surface area (Å²) < 4.78 is 55.5. The Bertz CT molecular complexity index is 1180. The maximum atomic E-state index is 14.4. The second kappa shape index (κ2) is 8.19. The second-order valence-electron chi connectivity index (χ2n) is 5.61. The Morgan fingerprint density at radius 1 is 0.821 bits per heavy atom. The predicted molar refractivity (Wildman–Crippen MR) is 106 cm³/mol. The van der Waals surface area contributed by atoms with Crippen LogP contribution in [-0.2, 0) is 10.0 Å². The molecular weight excluding hydrogens is 427 g/mol. The number of hydrogen-bond donors (Lipinski definition) is 1. The van der Waals surface area contributed by atoms with Crippen molar-refractivity contribution in [3.8, 4) is 11.8 Å². The number of anilines is 1. The highest BCUT2D eigenvalue weighted by molar-refractivity contribution is 7.92. The van der Waals surface area contributed by atoms with Crippen LogP contribution in [0.25, 0.3) is 0 Å². The van der Waals surface area contributed by atoms with Gasteiger partial charge in [0, 0.05) is 16.1 Å². The van der Waals surface area contributed by atoms with E-state index in [0.717, 1.165) is 18.2 Å². The van der Waals surface area contributed by atoms with Crippen molar-refractivity contribution in [1.82, 2.24) is 0 Å². The standard InChI is InChI=1S/C20H11Cl2F2NO2S/c21-15-8-9-16(22)19(12-15)28(26,27)25-20-17(23)10-14(11-18(20)24)7-6-13-4-2-1-3-5-13/h1-5,8-12,25H. The average molecular weight is 438 g/mol. The molecule has 3 nitrogen and oxygen atoms in total. The molecular formula is C20H11Cl2F2NO2S. The van der Waals surface area contributed by atoms with Gasteiger partial charge >= 0.3 is 0 Å². The zero-order valence-corrected chi connectivity index (χ0v) is 16.3. The van der Waals surface area contributed by atoms with Gasteiger partial charge in [0.05, 0.1) is 5.02 Å². The van der Waals surface area contributed by atoms with Crippen molar-refractivity contribution < 1.29 is 17.2 Å². The normalized spacial score (nSPS) is 10.9. The Kier molecular flexibility index (Phi) is 5.90. The molecule has 3 rings (SSSR count). The van der Waals surface area contributed by atoms with E-state index in [2.05, 4.69) is 11.8 Å². The van der Waals surface area contributed by atoms with E-state index in [1.807, 2.05) is 10.8 Å². The molecule has 0 saturated heterocycles. The van der Waals surface area contributed by atoms with E-state index in [9.17, 15) is 17.2 Å². The minimum Gasteiger partial charge on any atom is -0.274 e. The Morgan fingerprint density at radius 2 is 1.43 bits per heavy atom. The van der Waals surface area contributed by atoms with Gasteiger partial charge in [-0.25, -0.2) is 17.2 Å². The van der Waals surface area contributed by atoms with Gasteiger partial charge in [-0.05, 0) is 42.5 Å². The molecule has 3 aromatic carbocycles. The molecule has 0 aliphatic rings. The molecule has 0 bridgehead atoms. The second-order valence-corrected chi connectivity index (χ2v) is 8.11. The summed E-state index contributed by atoms with van der Waals surface area (Å²) in [6, 6.07) is 14.5. The fourth-order valence-electron chi connectivity index (χ4n) is 2.28. The molecule has 28 heavy (non-hydrogen) atoms. The van der Waals surface area contributed by atoms with E-state index < -0.39 is 32.2 Å². The van der Waals surface area contributed by atoms with Crippen molar-refractivity contribution in [1.29, 1.82) is 0 Å². The molecule has 0 atom stereocenters. The van der Waals surface area contributed by atoms with E-state index in [4.69, 9.17) is 23.2 Å². The number of nitrogens with one attached hydrogen (secondary N) is 1. The quantitative estimate of drug-likeness (QED) is 0.552. The van der Waals surface area contributed by atoms with Crippen LogP contribution in [-0.4, -0.2) is 8.42 Å². The summed E-state index contributed by atoms with van der Waals surface area (Å²) >= 11 is 11.6. The van der Waals surface area contributed by atoms with Crippen LogP contribution in [0.4, 0.5) is 14.5 Å². The lowest BCUT2D eigenvalue weighted by Crippen LogP contribution is -2.16. The number of halogens is 4. The van der Waals surface area contributed by atoms with Crippen molar-refractivity contribution in [2.24, 2.45) is 0 Å². The van der Waals surface area contributed by atoms with Crippen LogP contribution in [0.3, 0.4) is 0 Å². The van der Waals surface area contributed by atoms with E-state index in [1.54, 1.807) is 24.3 Å². The van der Waals surface area contributed by atoms with Crippen molar-refractivity contribution in [2.45, 2.75) is 4.90 Å². The highest BCUT2D eigenvalue weighted by Gasteiger charge is 2.22. The van der Waals surface area contributed by atoms with Crippen molar-refractivity contribution in [3.63, 3.8) is 0 Å². The Hall–Kier alpha value is -2.59. The molecule has 0 radical (unpaired) electrons. The van der Waals surface area contributed by atoms with Crippen LogP contribution in [0.15, 0.2) is 65.6 Å². The molecule has 0 amide bonds. The van der Waals surface area contributed by atoms with Crippen LogP contribution in [0.5, 0.6) is 0 Å². The summed E-state index contributed by atoms with van der Waals surface area (Å²) in [5.74, 6) is 3.18. The summed E-state index contributed by atoms with van der Waals surface area (Å²) in [6.07, 6.45) is 0. The van der Waals surface area contributed by atoms with Gasteiger partial charge in [-0.2, -0.15) is 0 Å². The summed E-state index contributed by atoms with van der Waals surface area (Å²) in [7, 11) is -4.36. The molecule has 0 aliphatic carbocycles. The third-order valence-corrected chi connectivity index (χ3v) is 5.65. The van der Waals surface area contributed by atoms with Gasteiger partial charge in [0.1, 0.15) is 10.6 Å². The number of sulfonamides is 1. The summed E-state index contributed by atoms with van der Waals surface area (Å²) in [4.78, 5) is -0.395. The van der Waals surface area contributed by atoms with Crippen molar-refractivity contribution in [3.05, 3.63) is 93.5 Å². The van der Waals surface area contributed by atoms with Crippen molar-refractivity contribution >= 4 is 38.9 Å². The molecule has 0 aromatic heterocycles. The molecule has 0 saturated carbocycles. The molecule has 0 aliphatic heterocycles. The third kappa shape index (κ3) is 4.63. The van der Waals surface area contributed by atoms with Gasteiger partial charge in [-0.15, -0.1) is 0 Å². The number of rotatable bonds is 3. The van der Waals surface area contributed by atoms with Crippen LogP contribution < -0.4 is 4.72 Å². The van der Waals surface area contributed by atoms with Crippen LogP contribution in [0, 0.1) is 23.5 Å². The number of benzene rings is 3. The minimum atomic E-state index is -4.36.